The fourth-order valence-electron chi connectivity index (χ4n) is 3.49. The van der Waals surface area contributed by atoms with Crippen LogP contribution < -0.4 is 16.4 Å². The minimum Gasteiger partial charge on any atom is -0.342 e. The van der Waals surface area contributed by atoms with Gasteiger partial charge in [0.15, 0.2) is 0 Å². The van der Waals surface area contributed by atoms with Gasteiger partial charge in [0.25, 0.3) is 11.1 Å². The Morgan fingerprint density at radius 3 is 2.65 bits per heavy atom. The van der Waals surface area contributed by atoms with Crippen molar-refractivity contribution in [1.82, 2.24) is 24.6 Å². The molecule has 158 valence electrons. The van der Waals surface area contributed by atoms with Gasteiger partial charge >= 0.3 is 0 Å². The van der Waals surface area contributed by atoms with Crippen LogP contribution in [0, 0.1) is 5.82 Å². The molecule has 0 radical (unpaired) electrons. The molecule has 8 nitrogen and oxygen atoms in total. The monoisotopic (exact) mass is 421 g/mol. The molecular formula is C22H20FN5O3. The predicted octanol–water partition coefficient (Wildman–Crippen LogP) is 1.86. The van der Waals surface area contributed by atoms with Crippen LogP contribution in [0.1, 0.15) is 23.9 Å². The zero-order chi connectivity index (χ0) is 22.0. The third-order valence-electron chi connectivity index (χ3n) is 5.05. The van der Waals surface area contributed by atoms with E-state index in [0.29, 0.717) is 16.8 Å². The molecule has 31 heavy (non-hydrogen) atoms. The van der Waals surface area contributed by atoms with E-state index in [4.69, 9.17) is 0 Å². The van der Waals surface area contributed by atoms with E-state index in [1.807, 2.05) is 0 Å². The van der Waals surface area contributed by atoms with Crippen LogP contribution in [0.25, 0.3) is 10.8 Å². The van der Waals surface area contributed by atoms with Crippen LogP contribution in [0.2, 0.25) is 0 Å². The fourth-order valence-corrected chi connectivity index (χ4v) is 3.49. The Morgan fingerprint density at radius 2 is 1.94 bits per heavy atom. The molecule has 2 aromatic heterocycles. The third kappa shape index (κ3) is 4.16. The van der Waals surface area contributed by atoms with Crippen molar-refractivity contribution >= 4 is 16.7 Å². The van der Waals surface area contributed by atoms with Crippen molar-refractivity contribution in [1.29, 1.82) is 0 Å². The van der Waals surface area contributed by atoms with Crippen LogP contribution in [0.15, 0.2) is 70.5 Å². The lowest BCUT2D eigenvalue weighted by atomic mass is 10.1. The van der Waals surface area contributed by atoms with Crippen molar-refractivity contribution in [3.8, 4) is 0 Å². The van der Waals surface area contributed by atoms with Crippen LogP contribution in [0.3, 0.4) is 0 Å². The Bertz CT molecular complexity index is 1370. The largest absolute Gasteiger partial charge is 0.342 e. The number of aromatic nitrogens is 4. The lowest BCUT2D eigenvalue weighted by molar-refractivity contribution is -0.121. The summed E-state index contributed by atoms with van der Waals surface area (Å²) in [4.78, 5) is 41.8. The number of amides is 1. The molecule has 0 aliphatic rings. The number of fused-ring (bicyclic) bond motifs is 1. The van der Waals surface area contributed by atoms with Gasteiger partial charge < -0.3 is 9.88 Å². The molecule has 1 atom stereocenters. The Kier molecular flexibility index (Phi) is 5.48. The lowest BCUT2D eigenvalue weighted by Gasteiger charge is -2.19. The summed E-state index contributed by atoms with van der Waals surface area (Å²) in [5.41, 5.74) is -0.242. The number of nitrogens with one attached hydrogen (secondary N) is 2. The first-order chi connectivity index (χ1) is 14.9. The maximum Gasteiger partial charge on any atom is 0.273 e. The molecule has 2 aromatic carbocycles. The number of imidazole rings is 1. The van der Waals surface area contributed by atoms with Gasteiger partial charge in [-0.15, -0.1) is 0 Å². The Morgan fingerprint density at radius 1 is 1.16 bits per heavy atom. The summed E-state index contributed by atoms with van der Waals surface area (Å²) in [6.45, 7) is -0.0127. The predicted molar refractivity (Wildman–Crippen MR) is 113 cm³/mol. The quantitative estimate of drug-likeness (QED) is 0.496. The topological polar surface area (TPSA) is 102 Å². The van der Waals surface area contributed by atoms with Crippen LogP contribution in [-0.2, 0) is 18.4 Å². The minimum absolute atomic E-state index is 0.0127. The summed E-state index contributed by atoms with van der Waals surface area (Å²) in [5.74, 6) is -0.264. The van der Waals surface area contributed by atoms with E-state index in [9.17, 15) is 18.8 Å². The number of carbonyl (C=O) groups is 1. The van der Waals surface area contributed by atoms with E-state index in [-0.39, 0.29) is 29.8 Å². The molecule has 0 aliphatic carbocycles. The van der Waals surface area contributed by atoms with E-state index in [2.05, 4.69) is 15.4 Å². The van der Waals surface area contributed by atoms with Crippen molar-refractivity contribution in [3.05, 3.63) is 98.8 Å². The van der Waals surface area contributed by atoms with Crippen LogP contribution in [0.5, 0.6) is 0 Å². The van der Waals surface area contributed by atoms with E-state index in [1.54, 1.807) is 60.4 Å². The summed E-state index contributed by atoms with van der Waals surface area (Å²) < 4.78 is 16.6. The molecule has 0 unspecified atom stereocenters. The number of benzene rings is 2. The van der Waals surface area contributed by atoms with Crippen molar-refractivity contribution in [3.63, 3.8) is 0 Å². The second-order valence-corrected chi connectivity index (χ2v) is 7.15. The highest BCUT2D eigenvalue weighted by Crippen LogP contribution is 2.21. The number of rotatable bonds is 6. The smallest absolute Gasteiger partial charge is 0.273 e. The Labute approximate surface area is 176 Å². The zero-order valence-corrected chi connectivity index (χ0v) is 16.7. The summed E-state index contributed by atoms with van der Waals surface area (Å²) in [5, 5.41) is 5.94. The average Bonchev–Trinajstić information content (AvgIpc) is 3.19. The zero-order valence-electron chi connectivity index (χ0n) is 16.7. The second-order valence-electron chi connectivity index (χ2n) is 7.15. The molecule has 0 bridgehead atoms. The number of hydrogen-bond donors (Lipinski definition) is 2. The molecule has 4 aromatic rings. The van der Waals surface area contributed by atoms with Gasteiger partial charge in [-0.2, -0.15) is 0 Å². The first-order valence-corrected chi connectivity index (χ1v) is 9.68. The SMILES string of the molecule is Cn1ccnc1[C@H](NC(=O)CCn1[nH]c(=O)c2ccccc2c1=O)c1cccc(F)c1. The molecular weight excluding hydrogens is 401 g/mol. The van der Waals surface area contributed by atoms with Crippen LogP contribution in [0.4, 0.5) is 4.39 Å². The number of nitrogens with zero attached hydrogens (tertiary/aromatic N) is 3. The van der Waals surface area contributed by atoms with Gasteiger partial charge in [-0.3, -0.25) is 19.5 Å². The van der Waals surface area contributed by atoms with Crippen LogP contribution in [-0.4, -0.2) is 25.2 Å². The second kappa shape index (κ2) is 8.39. The highest BCUT2D eigenvalue weighted by Gasteiger charge is 2.21. The molecule has 0 spiro atoms. The van der Waals surface area contributed by atoms with Crippen molar-refractivity contribution in [2.45, 2.75) is 19.0 Å². The molecule has 0 aliphatic heterocycles. The standard InChI is InChI=1S/C22H20FN5O3/c1-27-12-10-24-20(27)19(14-5-4-6-15(23)13-14)25-18(29)9-11-28-22(31)17-8-3-2-7-16(17)21(30)26-28/h2-8,10,12-13,19H,9,11H2,1H3,(H,25,29)(H,26,30)/t19-/m1/s1. The first-order valence-electron chi connectivity index (χ1n) is 9.68. The molecule has 2 N–H and O–H groups in total. The first kappa shape index (κ1) is 20.3. The summed E-state index contributed by atoms with van der Waals surface area (Å²) >= 11 is 0. The van der Waals surface area contributed by atoms with Gasteiger partial charge in [0, 0.05) is 25.9 Å². The van der Waals surface area contributed by atoms with Crippen molar-refractivity contribution in [2.75, 3.05) is 0 Å². The summed E-state index contributed by atoms with van der Waals surface area (Å²) in [6, 6.07) is 11.8. The molecule has 1 amide bonds. The molecule has 9 heteroatoms. The minimum atomic E-state index is -0.671. The number of aryl methyl sites for hydroxylation is 2. The highest BCUT2D eigenvalue weighted by molar-refractivity contribution is 5.80. The van der Waals surface area contributed by atoms with E-state index < -0.39 is 17.4 Å². The van der Waals surface area contributed by atoms with Gasteiger partial charge in [-0.1, -0.05) is 24.3 Å². The number of hydrogen-bond acceptors (Lipinski definition) is 4. The van der Waals surface area contributed by atoms with Crippen molar-refractivity contribution in [2.24, 2.45) is 7.05 Å². The maximum absolute atomic E-state index is 13.8. The Balaban J connectivity index is 1.56. The summed E-state index contributed by atoms with van der Waals surface area (Å²) in [6.07, 6.45) is 3.25. The van der Waals surface area contributed by atoms with Gasteiger partial charge in [0.2, 0.25) is 5.91 Å². The lowest BCUT2D eigenvalue weighted by Crippen LogP contribution is -2.34. The molecule has 0 fully saturated rings. The van der Waals surface area contributed by atoms with Gasteiger partial charge in [-0.25, -0.2) is 14.1 Å². The fraction of sp³-hybridized carbons (Fsp3) is 0.182. The number of carbonyl (C=O) groups excluding carboxylic acids is 1. The van der Waals surface area contributed by atoms with E-state index in [1.165, 1.54) is 12.1 Å². The highest BCUT2D eigenvalue weighted by atomic mass is 19.1. The third-order valence-corrected chi connectivity index (χ3v) is 5.05. The van der Waals surface area contributed by atoms with E-state index in [0.717, 1.165) is 4.68 Å². The van der Waals surface area contributed by atoms with Gasteiger partial charge in [0.05, 0.1) is 17.3 Å². The average molecular weight is 421 g/mol. The number of H-pyrrole nitrogens is 1. The molecule has 4 rings (SSSR count). The maximum atomic E-state index is 13.8. The number of aromatic amines is 1. The molecule has 2 heterocycles. The molecule has 0 saturated carbocycles. The summed E-state index contributed by atoms with van der Waals surface area (Å²) in [7, 11) is 1.78. The Hall–Kier alpha value is -4.01. The van der Waals surface area contributed by atoms with E-state index >= 15 is 0 Å². The van der Waals surface area contributed by atoms with Crippen LogP contribution >= 0.6 is 0 Å². The van der Waals surface area contributed by atoms with Gasteiger partial charge in [-0.05, 0) is 29.8 Å². The van der Waals surface area contributed by atoms with Gasteiger partial charge in [0.1, 0.15) is 17.7 Å². The van der Waals surface area contributed by atoms with Crippen molar-refractivity contribution < 1.29 is 9.18 Å². The molecule has 0 saturated heterocycles. The number of halogens is 1. The normalized spacial score (nSPS) is 12.1.